The van der Waals surface area contributed by atoms with Gasteiger partial charge in [-0.15, -0.1) is 0 Å². The number of carbonyl (C=O) groups is 1. The van der Waals surface area contributed by atoms with Crippen molar-refractivity contribution in [1.29, 1.82) is 0 Å². The summed E-state index contributed by atoms with van der Waals surface area (Å²) in [7, 11) is 0. The fourth-order valence-corrected chi connectivity index (χ4v) is 2.69. The highest BCUT2D eigenvalue weighted by Crippen LogP contribution is 2.43. The van der Waals surface area contributed by atoms with Crippen molar-refractivity contribution in [1.82, 2.24) is 0 Å². The molecule has 1 saturated carbocycles. The molecule has 0 aromatic rings. The first-order valence-electron chi connectivity index (χ1n) is 6.41. The zero-order valence-electron chi connectivity index (χ0n) is 11.2. The molecule has 0 heterocycles. The first-order chi connectivity index (χ1) is 8.05. The lowest BCUT2D eigenvalue weighted by atomic mass is 9.71. The standard InChI is InChI=1S/C13H22F3NO/c1-12(2,3)11(18)10(17)8-6-4-5-7-9(8)13(14,15)16/h8-10H,4-7,17H2,1-3H3. The van der Waals surface area contributed by atoms with E-state index in [-0.39, 0.29) is 12.2 Å². The summed E-state index contributed by atoms with van der Waals surface area (Å²) >= 11 is 0. The highest BCUT2D eigenvalue weighted by atomic mass is 19.4. The van der Waals surface area contributed by atoms with Gasteiger partial charge in [-0.3, -0.25) is 4.79 Å². The minimum Gasteiger partial charge on any atom is -0.321 e. The number of carbonyl (C=O) groups excluding carboxylic acids is 1. The summed E-state index contributed by atoms with van der Waals surface area (Å²) in [6, 6.07) is -1.00. The largest absolute Gasteiger partial charge is 0.392 e. The van der Waals surface area contributed by atoms with E-state index in [4.69, 9.17) is 5.73 Å². The van der Waals surface area contributed by atoms with Gasteiger partial charge in [0.15, 0.2) is 5.78 Å². The molecule has 1 rings (SSSR count). The van der Waals surface area contributed by atoms with Crippen LogP contribution in [-0.4, -0.2) is 18.0 Å². The van der Waals surface area contributed by atoms with Gasteiger partial charge in [0.25, 0.3) is 0 Å². The van der Waals surface area contributed by atoms with Crippen molar-refractivity contribution < 1.29 is 18.0 Å². The lowest BCUT2D eigenvalue weighted by Gasteiger charge is -2.37. The van der Waals surface area contributed by atoms with Crippen LogP contribution in [-0.2, 0) is 4.79 Å². The molecule has 0 radical (unpaired) electrons. The number of hydrogen-bond acceptors (Lipinski definition) is 2. The molecule has 2 nitrogen and oxygen atoms in total. The van der Waals surface area contributed by atoms with E-state index >= 15 is 0 Å². The van der Waals surface area contributed by atoms with Crippen LogP contribution in [0, 0.1) is 17.3 Å². The van der Waals surface area contributed by atoms with Gasteiger partial charge in [-0.1, -0.05) is 33.6 Å². The van der Waals surface area contributed by atoms with E-state index in [0.29, 0.717) is 12.8 Å². The maximum atomic E-state index is 12.9. The van der Waals surface area contributed by atoms with Crippen molar-refractivity contribution in [2.75, 3.05) is 0 Å². The molecule has 0 bridgehead atoms. The highest BCUT2D eigenvalue weighted by molar-refractivity contribution is 5.88. The highest BCUT2D eigenvalue weighted by Gasteiger charge is 2.49. The first-order valence-corrected chi connectivity index (χ1v) is 6.41. The Balaban J connectivity index is 2.88. The van der Waals surface area contributed by atoms with Crippen molar-refractivity contribution in [3.8, 4) is 0 Å². The van der Waals surface area contributed by atoms with Gasteiger partial charge in [-0.25, -0.2) is 0 Å². The van der Waals surface area contributed by atoms with Gasteiger partial charge >= 0.3 is 6.18 Å². The predicted molar refractivity (Wildman–Crippen MR) is 63.9 cm³/mol. The van der Waals surface area contributed by atoms with Gasteiger partial charge in [0.05, 0.1) is 12.0 Å². The molecule has 3 unspecified atom stereocenters. The molecule has 0 aliphatic heterocycles. The smallest absolute Gasteiger partial charge is 0.321 e. The van der Waals surface area contributed by atoms with Crippen LogP contribution in [0.5, 0.6) is 0 Å². The van der Waals surface area contributed by atoms with Crippen molar-refractivity contribution in [3.63, 3.8) is 0 Å². The third kappa shape index (κ3) is 3.46. The molecule has 0 saturated heterocycles. The monoisotopic (exact) mass is 265 g/mol. The predicted octanol–water partition coefficient (Wildman–Crippen LogP) is 3.30. The lowest BCUT2D eigenvalue weighted by molar-refractivity contribution is -0.198. The van der Waals surface area contributed by atoms with Gasteiger partial charge in [-0.2, -0.15) is 13.2 Å². The van der Waals surface area contributed by atoms with Gasteiger partial charge < -0.3 is 5.73 Å². The summed E-state index contributed by atoms with van der Waals surface area (Å²) in [5, 5.41) is 0. The Bertz CT molecular complexity index is 306. The lowest BCUT2D eigenvalue weighted by Crippen LogP contribution is -2.50. The van der Waals surface area contributed by atoms with Crippen LogP contribution >= 0.6 is 0 Å². The molecule has 0 spiro atoms. The van der Waals surface area contributed by atoms with Gasteiger partial charge in [-0.05, 0) is 18.8 Å². The molecule has 3 atom stereocenters. The minimum atomic E-state index is -4.25. The van der Waals surface area contributed by atoms with Gasteiger partial charge in [0.1, 0.15) is 0 Å². The molecule has 0 aromatic heterocycles. The number of alkyl halides is 3. The summed E-state index contributed by atoms with van der Waals surface area (Å²) in [5.41, 5.74) is 5.13. The molecule has 5 heteroatoms. The van der Waals surface area contributed by atoms with E-state index in [1.165, 1.54) is 0 Å². The Hall–Kier alpha value is -0.580. The first kappa shape index (κ1) is 15.5. The Morgan fingerprint density at radius 2 is 1.67 bits per heavy atom. The Morgan fingerprint density at radius 1 is 1.17 bits per heavy atom. The van der Waals surface area contributed by atoms with E-state index in [9.17, 15) is 18.0 Å². The van der Waals surface area contributed by atoms with E-state index < -0.39 is 29.5 Å². The van der Waals surface area contributed by atoms with Crippen molar-refractivity contribution in [2.24, 2.45) is 23.0 Å². The van der Waals surface area contributed by atoms with Crippen LogP contribution in [0.2, 0.25) is 0 Å². The van der Waals surface area contributed by atoms with E-state index in [2.05, 4.69) is 0 Å². The molecule has 1 fully saturated rings. The van der Waals surface area contributed by atoms with Crippen LogP contribution in [0.25, 0.3) is 0 Å². The molecule has 1 aliphatic rings. The fourth-order valence-electron chi connectivity index (χ4n) is 2.69. The second-order valence-corrected chi connectivity index (χ2v) is 6.24. The molecule has 2 N–H and O–H groups in total. The average Bonchev–Trinajstić information content (AvgIpc) is 2.24. The minimum absolute atomic E-state index is 0.0965. The SMILES string of the molecule is CC(C)(C)C(=O)C(N)C1CCCCC1C(F)(F)F. The van der Waals surface area contributed by atoms with Crippen molar-refractivity contribution in [3.05, 3.63) is 0 Å². The quantitative estimate of drug-likeness (QED) is 0.832. The van der Waals surface area contributed by atoms with Gasteiger partial charge in [0, 0.05) is 5.41 Å². The van der Waals surface area contributed by atoms with Crippen LogP contribution < -0.4 is 5.73 Å². The maximum absolute atomic E-state index is 12.9. The maximum Gasteiger partial charge on any atom is 0.392 e. The van der Waals surface area contributed by atoms with Crippen molar-refractivity contribution in [2.45, 2.75) is 58.7 Å². The van der Waals surface area contributed by atoms with E-state index in [1.807, 2.05) is 0 Å². The zero-order valence-corrected chi connectivity index (χ0v) is 11.2. The third-order valence-corrected chi connectivity index (χ3v) is 3.74. The second-order valence-electron chi connectivity index (χ2n) is 6.24. The summed E-state index contributed by atoms with van der Waals surface area (Å²) in [5.74, 6) is -2.46. The summed E-state index contributed by atoms with van der Waals surface area (Å²) in [4.78, 5) is 12.0. The van der Waals surface area contributed by atoms with Crippen LogP contribution in [0.15, 0.2) is 0 Å². The third-order valence-electron chi connectivity index (χ3n) is 3.74. The average molecular weight is 265 g/mol. The molecule has 18 heavy (non-hydrogen) atoms. The number of hydrogen-bond donors (Lipinski definition) is 1. The number of ketones is 1. The Labute approximate surface area is 106 Å². The Morgan fingerprint density at radius 3 is 2.11 bits per heavy atom. The van der Waals surface area contributed by atoms with E-state index in [0.717, 1.165) is 6.42 Å². The molecular formula is C13H22F3NO. The van der Waals surface area contributed by atoms with Crippen LogP contribution in [0.1, 0.15) is 46.5 Å². The molecule has 0 amide bonds. The summed E-state index contributed by atoms with van der Waals surface area (Å²) in [6.07, 6.45) is -2.47. The van der Waals surface area contributed by atoms with Crippen LogP contribution in [0.4, 0.5) is 13.2 Å². The van der Waals surface area contributed by atoms with Gasteiger partial charge in [0.2, 0.25) is 0 Å². The summed E-state index contributed by atoms with van der Waals surface area (Å²) < 4.78 is 38.8. The number of Topliss-reactive ketones (excluding diaryl/α,β-unsaturated/α-hetero) is 1. The molecule has 1 aliphatic carbocycles. The van der Waals surface area contributed by atoms with Crippen molar-refractivity contribution >= 4 is 5.78 Å². The molecule has 0 aromatic carbocycles. The molecule has 106 valence electrons. The number of halogens is 3. The normalized spacial score (nSPS) is 27.9. The molecular weight excluding hydrogens is 243 g/mol. The zero-order chi connectivity index (χ0) is 14.1. The fraction of sp³-hybridized carbons (Fsp3) is 0.923. The Kier molecular flexibility index (Phi) is 4.47. The summed E-state index contributed by atoms with van der Waals surface area (Å²) in [6.45, 7) is 5.09. The van der Waals surface area contributed by atoms with E-state index in [1.54, 1.807) is 20.8 Å². The van der Waals surface area contributed by atoms with Crippen LogP contribution in [0.3, 0.4) is 0 Å². The second kappa shape index (κ2) is 5.19. The number of nitrogens with two attached hydrogens (primary N) is 1. The topological polar surface area (TPSA) is 43.1 Å². The number of rotatable bonds is 2.